The Bertz CT molecular complexity index is 688. The molecule has 0 unspecified atom stereocenters. The standard InChI is InChI=1S/C19H34O5SSi/c1-15-9-11-17(12-10-15)25(21,22)23-14-19(6,20)13-16(2)24-26(7,8)18(3,4)5/h9-12,16,20H,13-14H2,1-8H3/t16-,19+/m1/s1. The molecule has 26 heavy (non-hydrogen) atoms. The molecule has 0 spiro atoms. The second-order valence-electron chi connectivity index (χ2n) is 8.92. The summed E-state index contributed by atoms with van der Waals surface area (Å²) in [6.45, 7) is 15.8. The first kappa shape index (κ1) is 23.3. The van der Waals surface area contributed by atoms with Crippen molar-refractivity contribution in [3.8, 4) is 0 Å². The highest BCUT2D eigenvalue weighted by Gasteiger charge is 2.39. The van der Waals surface area contributed by atoms with E-state index in [9.17, 15) is 13.5 Å². The molecule has 5 nitrogen and oxygen atoms in total. The first-order valence-corrected chi connectivity index (χ1v) is 13.2. The van der Waals surface area contributed by atoms with Gasteiger partial charge in [-0.05, 0) is 51.0 Å². The number of hydrogen-bond acceptors (Lipinski definition) is 5. The molecule has 0 radical (unpaired) electrons. The molecule has 0 saturated carbocycles. The zero-order valence-electron chi connectivity index (χ0n) is 17.3. The molecule has 1 rings (SSSR count). The monoisotopic (exact) mass is 402 g/mol. The van der Waals surface area contributed by atoms with Crippen LogP contribution in [0, 0.1) is 6.92 Å². The number of hydrogen-bond donors (Lipinski definition) is 1. The Kier molecular flexibility index (Phi) is 7.26. The summed E-state index contributed by atoms with van der Waals surface area (Å²) in [5.41, 5.74) is -0.341. The van der Waals surface area contributed by atoms with E-state index in [0.29, 0.717) is 6.42 Å². The van der Waals surface area contributed by atoms with E-state index in [2.05, 4.69) is 33.9 Å². The Morgan fingerprint density at radius 3 is 2.08 bits per heavy atom. The van der Waals surface area contributed by atoms with Gasteiger partial charge in [0.1, 0.15) is 0 Å². The number of aryl methyl sites for hydroxylation is 1. The van der Waals surface area contributed by atoms with Crippen molar-refractivity contribution in [2.45, 2.75) is 82.7 Å². The molecule has 150 valence electrons. The van der Waals surface area contributed by atoms with Gasteiger partial charge in [-0.25, -0.2) is 0 Å². The summed E-state index contributed by atoms with van der Waals surface area (Å²) in [4.78, 5) is 0.0875. The van der Waals surface area contributed by atoms with Crippen LogP contribution in [0.3, 0.4) is 0 Å². The van der Waals surface area contributed by atoms with Crippen molar-refractivity contribution in [3.63, 3.8) is 0 Å². The molecule has 2 atom stereocenters. The number of rotatable bonds is 8. The summed E-state index contributed by atoms with van der Waals surface area (Å²) >= 11 is 0. The second kappa shape index (κ2) is 8.10. The van der Waals surface area contributed by atoms with Gasteiger partial charge in [0.05, 0.1) is 17.1 Å². The summed E-state index contributed by atoms with van der Waals surface area (Å²) < 4.78 is 35.9. The van der Waals surface area contributed by atoms with Gasteiger partial charge in [0, 0.05) is 12.5 Å². The maximum atomic E-state index is 12.3. The molecule has 0 aliphatic carbocycles. The molecule has 0 aliphatic rings. The summed E-state index contributed by atoms with van der Waals surface area (Å²) in [6, 6.07) is 6.43. The van der Waals surface area contributed by atoms with E-state index in [0.717, 1.165) is 5.56 Å². The quantitative estimate of drug-likeness (QED) is 0.520. The minimum atomic E-state index is -3.90. The predicted octanol–water partition coefficient (Wildman–Crippen LogP) is 4.25. The second-order valence-corrected chi connectivity index (χ2v) is 15.3. The van der Waals surface area contributed by atoms with Crippen molar-refractivity contribution >= 4 is 18.4 Å². The average Bonchev–Trinajstić information content (AvgIpc) is 2.43. The molecule has 0 heterocycles. The van der Waals surface area contributed by atoms with Gasteiger partial charge in [0.2, 0.25) is 0 Å². The van der Waals surface area contributed by atoms with E-state index in [1.807, 2.05) is 13.8 Å². The topological polar surface area (TPSA) is 72.8 Å². The van der Waals surface area contributed by atoms with Gasteiger partial charge in [-0.15, -0.1) is 0 Å². The Hall–Kier alpha value is -0.733. The van der Waals surface area contributed by atoms with E-state index < -0.39 is 24.0 Å². The van der Waals surface area contributed by atoms with Crippen LogP contribution in [-0.2, 0) is 18.7 Å². The maximum absolute atomic E-state index is 12.3. The van der Waals surface area contributed by atoms with Crippen molar-refractivity contribution in [1.82, 2.24) is 0 Å². The third-order valence-corrected chi connectivity index (χ3v) is 10.7. The third-order valence-electron chi connectivity index (χ3n) is 4.86. The minimum absolute atomic E-state index is 0.0679. The predicted molar refractivity (Wildman–Crippen MR) is 107 cm³/mol. The van der Waals surface area contributed by atoms with E-state index >= 15 is 0 Å². The lowest BCUT2D eigenvalue weighted by Gasteiger charge is -2.39. The van der Waals surface area contributed by atoms with Crippen LogP contribution in [0.1, 0.15) is 46.6 Å². The smallest absolute Gasteiger partial charge is 0.297 e. The first-order chi connectivity index (χ1) is 11.6. The molecule has 0 bridgehead atoms. The molecule has 1 N–H and O–H groups in total. The van der Waals surface area contributed by atoms with Crippen molar-refractivity contribution < 1.29 is 22.1 Å². The van der Waals surface area contributed by atoms with Gasteiger partial charge in [-0.1, -0.05) is 38.5 Å². The van der Waals surface area contributed by atoms with Crippen LogP contribution in [0.5, 0.6) is 0 Å². The van der Waals surface area contributed by atoms with Crippen molar-refractivity contribution in [3.05, 3.63) is 29.8 Å². The Morgan fingerprint density at radius 2 is 1.62 bits per heavy atom. The van der Waals surface area contributed by atoms with Crippen LogP contribution < -0.4 is 0 Å². The Balaban J connectivity index is 2.70. The van der Waals surface area contributed by atoms with Gasteiger partial charge >= 0.3 is 0 Å². The zero-order valence-corrected chi connectivity index (χ0v) is 19.1. The van der Waals surface area contributed by atoms with E-state index in [1.54, 1.807) is 19.1 Å². The van der Waals surface area contributed by atoms with Crippen LogP contribution in [0.15, 0.2) is 29.2 Å². The Morgan fingerprint density at radius 1 is 1.12 bits per heavy atom. The number of benzene rings is 1. The third kappa shape index (κ3) is 6.77. The van der Waals surface area contributed by atoms with Crippen molar-refractivity contribution in [2.24, 2.45) is 0 Å². The summed E-state index contributed by atoms with van der Waals surface area (Å²) in [7, 11) is -5.85. The van der Waals surface area contributed by atoms with Gasteiger partial charge in [-0.3, -0.25) is 4.18 Å². The minimum Gasteiger partial charge on any atom is -0.414 e. The van der Waals surface area contributed by atoms with Gasteiger partial charge in [0.25, 0.3) is 10.1 Å². The highest BCUT2D eigenvalue weighted by Crippen LogP contribution is 2.38. The largest absolute Gasteiger partial charge is 0.414 e. The normalized spacial score (nSPS) is 17.0. The maximum Gasteiger partial charge on any atom is 0.297 e. The summed E-state index contributed by atoms with van der Waals surface area (Å²) in [6.07, 6.45) is 0.0970. The summed E-state index contributed by atoms with van der Waals surface area (Å²) in [5.74, 6) is 0. The fraction of sp³-hybridized carbons (Fsp3) is 0.684. The highest BCUT2D eigenvalue weighted by atomic mass is 32.2. The lowest BCUT2D eigenvalue weighted by atomic mass is 10.0. The number of aliphatic hydroxyl groups is 1. The van der Waals surface area contributed by atoms with Crippen LogP contribution in [0.4, 0.5) is 0 Å². The van der Waals surface area contributed by atoms with Crippen LogP contribution in [0.2, 0.25) is 18.1 Å². The Labute approximate surface area is 160 Å². The van der Waals surface area contributed by atoms with E-state index in [1.165, 1.54) is 12.1 Å². The molecule has 0 fully saturated rings. The summed E-state index contributed by atoms with van der Waals surface area (Å²) in [5, 5.41) is 10.7. The average molecular weight is 403 g/mol. The highest BCUT2D eigenvalue weighted by molar-refractivity contribution is 7.86. The molecule has 1 aromatic rings. The molecular weight excluding hydrogens is 368 g/mol. The van der Waals surface area contributed by atoms with Gasteiger partial charge in [0.15, 0.2) is 8.32 Å². The molecule has 0 aromatic heterocycles. The van der Waals surface area contributed by atoms with Crippen molar-refractivity contribution in [1.29, 1.82) is 0 Å². The van der Waals surface area contributed by atoms with Gasteiger partial charge < -0.3 is 9.53 Å². The van der Waals surface area contributed by atoms with Crippen LogP contribution in [-0.4, -0.2) is 40.2 Å². The van der Waals surface area contributed by atoms with E-state index in [-0.39, 0.29) is 22.6 Å². The van der Waals surface area contributed by atoms with Gasteiger partial charge in [-0.2, -0.15) is 8.42 Å². The molecule has 0 saturated heterocycles. The molecule has 7 heteroatoms. The molecule has 1 aromatic carbocycles. The molecule has 0 amide bonds. The first-order valence-electron chi connectivity index (χ1n) is 8.92. The lowest BCUT2D eigenvalue weighted by Crippen LogP contribution is -2.45. The SMILES string of the molecule is Cc1ccc(S(=O)(=O)OC[C@@](C)(O)C[C@@H](C)O[Si](C)(C)C(C)(C)C)cc1. The van der Waals surface area contributed by atoms with E-state index in [4.69, 9.17) is 8.61 Å². The fourth-order valence-electron chi connectivity index (χ4n) is 2.38. The van der Waals surface area contributed by atoms with Crippen molar-refractivity contribution in [2.75, 3.05) is 6.61 Å². The lowest BCUT2D eigenvalue weighted by molar-refractivity contribution is -0.0207. The molecule has 0 aliphatic heterocycles. The molecular formula is C19H34O5SSi. The zero-order chi connectivity index (χ0) is 20.4. The van der Waals surface area contributed by atoms with Crippen LogP contribution >= 0.6 is 0 Å². The van der Waals surface area contributed by atoms with Crippen LogP contribution in [0.25, 0.3) is 0 Å². The fourth-order valence-corrected chi connectivity index (χ4v) is 4.83.